The fourth-order valence-electron chi connectivity index (χ4n) is 0.738. The first kappa shape index (κ1) is 12.4. The molecule has 0 saturated heterocycles. The first-order valence-electron chi connectivity index (χ1n) is 4.59. The van der Waals surface area contributed by atoms with E-state index in [1.807, 2.05) is 13.8 Å². The molecule has 0 aliphatic carbocycles. The van der Waals surface area contributed by atoms with Gasteiger partial charge in [-0.15, -0.1) is 0 Å². The molecule has 0 rings (SSSR count). The maximum atomic E-state index is 11.1. The molecule has 4 nitrogen and oxygen atoms in total. The maximum Gasteiger partial charge on any atom is 0.220 e. The lowest BCUT2D eigenvalue weighted by atomic mass is 9.94. The Labute approximate surface area is 79.5 Å². The van der Waals surface area contributed by atoms with Crippen molar-refractivity contribution in [3.05, 3.63) is 0 Å². The average molecular weight is 188 g/mol. The fraction of sp³-hybridized carbons (Fsp3) is 0.889. The van der Waals surface area contributed by atoms with Crippen LogP contribution in [-0.2, 0) is 4.79 Å². The highest BCUT2D eigenvalue weighted by atomic mass is 16.3. The lowest BCUT2D eigenvalue weighted by molar-refractivity contribution is -0.121. The van der Waals surface area contributed by atoms with Crippen LogP contribution in [0.5, 0.6) is 0 Å². The van der Waals surface area contributed by atoms with E-state index < -0.39 is 0 Å². The minimum absolute atomic E-state index is 0.0180. The molecule has 0 aliphatic rings. The van der Waals surface area contributed by atoms with Gasteiger partial charge in [0.05, 0.1) is 0 Å². The lowest BCUT2D eigenvalue weighted by Gasteiger charge is -2.22. The van der Waals surface area contributed by atoms with Crippen LogP contribution in [-0.4, -0.2) is 30.7 Å². The number of hydrogen-bond donors (Lipinski definition) is 3. The van der Waals surface area contributed by atoms with Gasteiger partial charge in [-0.3, -0.25) is 4.79 Å². The molecule has 4 N–H and O–H groups in total. The molecule has 0 heterocycles. The van der Waals surface area contributed by atoms with Crippen LogP contribution in [0, 0.1) is 5.41 Å². The Bertz CT molecular complexity index is 158. The zero-order valence-corrected chi connectivity index (χ0v) is 8.47. The Hall–Kier alpha value is -0.610. The van der Waals surface area contributed by atoms with E-state index in [2.05, 4.69) is 5.32 Å². The summed E-state index contributed by atoms with van der Waals surface area (Å²) in [4.78, 5) is 11.1. The summed E-state index contributed by atoms with van der Waals surface area (Å²) in [5, 5.41) is 11.3. The Morgan fingerprint density at radius 3 is 2.62 bits per heavy atom. The standard InChI is InChI=1S/C9H20N2O2/c1-9(2,6-10)7-11-8(13)4-3-5-12/h12H,3-7,10H2,1-2H3,(H,11,13). The highest BCUT2D eigenvalue weighted by molar-refractivity contribution is 5.75. The van der Waals surface area contributed by atoms with Crippen LogP contribution < -0.4 is 11.1 Å². The van der Waals surface area contributed by atoms with Gasteiger partial charge in [0.15, 0.2) is 0 Å². The van der Waals surface area contributed by atoms with E-state index in [0.29, 0.717) is 25.9 Å². The van der Waals surface area contributed by atoms with E-state index in [-0.39, 0.29) is 17.9 Å². The Kier molecular flexibility index (Phi) is 5.66. The number of nitrogens with two attached hydrogens (primary N) is 1. The first-order chi connectivity index (χ1) is 6.02. The molecule has 4 heteroatoms. The number of carbonyl (C=O) groups excluding carboxylic acids is 1. The van der Waals surface area contributed by atoms with Crippen LogP contribution >= 0.6 is 0 Å². The van der Waals surface area contributed by atoms with Crippen LogP contribution in [0.3, 0.4) is 0 Å². The van der Waals surface area contributed by atoms with Gasteiger partial charge in [0.25, 0.3) is 0 Å². The van der Waals surface area contributed by atoms with Crippen molar-refractivity contribution in [2.75, 3.05) is 19.7 Å². The summed E-state index contributed by atoms with van der Waals surface area (Å²) in [6, 6.07) is 0. The molecule has 0 aliphatic heterocycles. The van der Waals surface area contributed by atoms with Gasteiger partial charge in [0.2, 0.25) is 5.91 Å². The molecule has 0 aromatic carbocycles. The van der Waals surface area contributed by atoms with Crippen LogP contribution in [0.4, 0.5) is 0 Å². The van der Waals surface area contributed by atoms with Gasteiger partial charge in [-0.1, -0.05) is 13.8 Å². The summed E-state index contributed by atoms with van der Waals surface area (Å²) in [6.45, 7) is 5.20. The number of nitrogens with one attached hydrogen (secondary N) is 1. The van der Waals surface area contributed by atoms with Gasteiger partial charge in [0, 0.05) is 19.6 Å². The van der Waals surface area contributed by atoms with Gasteiger partial charge in [0.1, 0.15) is 0 Å². The smallest absolute Gasteiger partial charge is 0.220 e. The number of aliphatic hydroxyl groups is 1. The third kappa shape index (κ3) is 6.54. The number of amides is 1. The largest absolute Gasteiger partial charge is 0.396 e. The van der Waals surface area contributed by atoms with Gasteiger partial charge in [-0.25, -0.2) is 0 Å². The molecule has 0 aromatic rings. The summed E-state index contributed by atoms with van der Waals surface area (Å²) in [7, 11) is 0. The highest BCUT2D eigenvalue weighted by Crippen LogP contribution is 2.09. The topological polar surface area (TPSA) is 75.3 Å². The van der Waals surface area contributed by atoms with Crippen LogP contribution in [0.15, 0.2) is 0 Å². The monoisotopic (exact) mass is 188 g/mol. The molecule has 0 saturated carbocycles. The van der Waals surface area contributed by atoms with Gasteiger partial charge >= 0.3 is 0 Å². The second-order valence-corrected chi connectivity index (χ2v) is 3.97. The second-order valence-electron chi connectivity index (χ2n) is 3.97. The van der Waals surface area contributed by atoms with Crippen molar-refractivity contribution in [1.29, 1.82) is 0 Å². The summed E-state index contributed by atoms with van der Waals surface area (Å²) >= 11 is 0. The van der Waals surface area contributed by atoms with E-state index in [0.717, 1.165) is 0 Å². The summed E-state index contributed by atoms with van der Waals surface area (Å²) in [5.41, 5.74) is 5.45. The number of carbonyl (C=O) groups is 1. The summed E-state index contributed by atoms with van der Waals surface area (Å²) in [5.74, 6) is -0.0180. The van der Waals surface area contributed by atoms with Crippen molar-refractivity contribution in [2.45, 2.75) is 26.7 Å². The summed E-state index contributed by atoms with van der Waals surface area (Å²) < 4.78 is 0. The Balaban J connectivity index is 3.57. The molecule has 0 radical (unpaired) electrons. The number of aliphatic hydroxyl groups excluding tert-OH is 1. The third-order valence-corrected chi connectivity index (χ3v) is 1.88. The zero-order chi connectivity index (χ0) is 10.3. The molecule has 78 valence electrons. The molecule has 0 bridgehead atoms. The Morgan fingerprint density at radius 2 is 2.15 bits per heavy atom. The van der Waals surface area contributed by atoms with Crippen molar-refractivity contribution < 1.29 is 9.90 Å². The van der Waals surface area contributed by atoms with Gasteiger partial charge < -0.3 is 16.2 Å². The number of rotatable bonds is 6. The van der Waals surface area contributed by atoms with Crippen molar-refractivity contribution >= 4 is 5.91 Å². The molecule has 0 aromatic heterocycles. The van der Waals surface area contributed by atoms with Crippen molar-refractivity contribution in [3.63, 3.8) is 0 Å². The third-order valence-electron chi connectivity index (χ3n) is 1.88. The first-order valence-corrected chi connectivity index (χ1v) is 4.59. The molecule has 0 spiro atoms. The average Bonchev–Trinajstić information content (AvgIpc) is 2.11. The van der Waals surface area contributed by atoms with E-state index >= 15 is 0 Å². The quantitative estimate of drug-likeness (QED) is 0.543. The minimum atomic E-state index is -0.0468. The van der Waals surface area contributed by atoms with E-state index in [4.69, 9.17) is 10.8 Å². The molecular formula is C9H20N2O2. The van der Waals surface area contributed by atoms with Crippen molar-refractivity contribution in [1.82, 2.24) is 5.32 Å². The predicted octanol–water partition coefficient (Wildman–Crippen LogP) is -0.140. The van der Waals surface area contributed by atoms with Gasteiger partial charge in [-0.2, -0.15) is 0 Å². The molecule has 0 fully saturated rings. The van der Waals surface area contributed by atoms with Crippen molar-refractivity contribution in [2.24, 2.45) is 11.1 Å². The van der Waals surface area contributed by atoms with E-state index in [1.54, 1.807) is 0 Å². The molecule has 0 unspecified atom stereocenters. The van der Waals surface area contributed by atoms with E-state index in [9.17, 15) is 4.79 Å². The minimum Gasteiger partial charge on any atom is -0.396 e. The number of hydrogen-bond acceptors (Lipinski definition) is 3. The SMILES string of the molecule is CC(C)(CN)CNC(=O)CCCO. The highest BCUT2D eigenvalue weighted by Gasteiger charge is 2.15. The molecular weight excluding hydrogens is 168 g/mol. The maximum absolute atomic E-state index is 11.1. The van der Waals surface area contributed by atoms with Crippen LogP contribution in [0.1, 0.15) is 26.7 Å². The molecule has 13 heavy (non-hydrogen) atoms. The zero-order valence-electron chi connectivity index (χ0n) is 8.47. The Morgan fingerprint density at radius 1 is 1.54 bits per heavy atom. The molecule has 0 atom stereocenters. The normalized spacial score (nSPS) is 11.4. The fourth-order valence-corrected chi connectivity index (χ4v) is 0.738. The lowest BCUT2D eigenvalue weighted by Crippen LogP contribution is -2.38. The van der Waals surface area contributed by atoms with Crippen molar-refractivity contribution in [3.8, 4) is 0 Å². The second kappa shape index (κ2) is 5.94. The van der Waals surface area contributed by atoms with Crippen LogP contribution in [0.25, 0.3) is 0 Å². The predicted molar refractivity (Wildman–Crippen MR) is 52.2 cm³/mol. The van der Waals surface area contributed by atoms with Crippen LogP contribution in [0.2, 0.25) is 0 Å². The van der Waals surface area contributed by atoms with Gasteiger partial charge in [-0.05, 0) is 18.4 Å². The molecule has 1 amide bonds. The van der Waals surface area contributed by atoms with E-state index in [1.165, 1.54) is 0 Å². The summed E-state index contributed by atoms with van der Waals surface area (Å²) in [6.07, 6.45) is 0.909.